The smallest absolute Gasteiger partial charge is 0.170 e. The van der Waals surface area contributed by atoms with Crippen molar-refractivity contribution in [2.75, 3.05) is 39.8 Å². The largest absolute Gasteiger partial charge is 0.493 e. The van der Waals surface area contributed by atoms with E-state index in [0.717, 1.165) is 46.7 Å². The average molecular weight is 477 g/mol. The topological polar surface area (TPSA) is 45.2 Å². The predicted octanol–water partition coefficient (Wildman–Crippen LogP) is 4.22. The van der Waals surface area contributed by atoms with Crippen LogP contribution in [0, 0.1) is 0 Å². The molecule has 3 aliphatic rings. The number of fused-ring (bicyclic) bond motifs is 3. The van der Waals surface area contributed by atoms with Crippen LogP contribution in [0.3, 0.4) is 0 Å². The van der Waals surface area contributed by atoms with E-state index in [4.69, 9.17) is 9.47 Å². The number of aliphatic hydroxyl groups is 1. The van der Waals surface area contributed by atoms with Crippen molar-refractivity contribution < 1.29 is 14.6 Å². The van der Waals surface area contributed by atoms with Crippen molar-refractivity contribution in [2.24, 2.45) is 0 Å². The number of hydrogen-bond donors (Lipinski definition) is 1. The maximum absolute atomic E-state index is 10.0. The molecule has 0 aromatic heterocycles. The summed E-state index contributed by atoms with van der Waals surface area (Å²) in [7, 11) is 1.67. The number of hydrogen-bond acceptors (Lipinski definition) is 5. The van der Waals surface area contributed by atoms with Gasteiger partial charge in [-0.2, -0.15) is 0 Å². The lowest BCUT2D eigenvalue weighted by Gasteiger charge is -2.28. The number of piperidine rings is 1. The quantitative estimate of drug-likeness (QED) is 0.569. The third-order valence-corrected chi connectivity index (χ3v) is 7.19. The van der Waals surface area contributed by atoms with Gasteiger partial charge in [0.05, 0.1) is 13.2 Å². The van der Waals surface area contributed by atoms with Crippen molar-refractivity contribution in [3.8, 4) is 11.5 Å². The Balaban J connectivity index is 1.53. The van der Waals surface area contributed by atoms with Crippen LogP contribution in [0.4, 0.5) is 0 Å². The summed E-state index contributed by atoms with van der Waals surface area (Å²) < 4.78 is 12.9. The number of rotatable bonds is 8. The fourth-order valence-electron chi connectivity index (χ4n) is 4.80. The van der Waals surface area contributed by atoms with Gasteiger partial charge in [-0.15, -0.1) is 5.73 Å². The normalized spacial score (nSPS) is 23.2. The highest BCUT2D eigenvalue weighted by molar-refractivity contribution is 9.10. The van der Waals surface area contributed by atoms with Crippen molar-refractivity contribution >= 4 is 21.5 Å². The minimum Gasteiger partial charge on any atom is -0.493 e. The summed E-state index contributed by atoms with van der Waals surface area (Å²) in [5, 5.41) is 10.0. The Morgan fingerprint density at radius 2 is 2.13 bits per heavy atom. The summed E-state index contributed by atoms with van der Waals surface area (Å²) in [6, 6.07) is 2.01. The van der Waals surface area contributed by atoms with Crippen LogP contribution in [0.1, 0.15) is 50.2 Å². The summed E-state index contributed by atoms with van der Waals surface area (Å²) >= 11 is 3.79. The van der Waals surface area contributed by atoms with Gasteiger partial charge in [0, 0.05) is 28.6 Å². The second kappa shape index (κ2) is 9.88. The molecule has 0 spiro atoms. The third-order valence-electron chi connectivity index (χ3n) is 6.48. The lowest BCUT2D eigenvalue weighted by Crippen LogP contribution is -2.33. The molecule has 0 saturated carbocycles. The van der Waals surface area contributed by atoms with E-state index < -0.39 is 6.10 Å². The van der Waals surface area contributed by atoms with Crippen molar-refractivity contribution in [3.63, 3.8) is 0 Å². The van der Waals surface area contributed by atoms with Crippen LogP contribution in [0.5, 0.6) is 11.5 Å². The first-order valence-corrected chi connectivity index (χ1v) is 12.1. The van der Waals surface area contributed by atoms with E-state index in [1.807, 2.05) is 6.07 Å². The van der Waals surface area contributed by atoms with Gasteiger partial charge in [0.2, 0.25) is 0 Å². The van der Waals surface area contributed by atoms with Gasteiger partial charge in [-0.05, 0) is 69.7 Å². The van der Waals surface area contributed by atoms with E-state index in [0.29, 0.717) is 6.42 Å². The molecule has 6 heteroatoms. The molecule has 1 aromatic carbocycles. The van der Waals surface area contributed by atoms with Crippen molar-refractivity contribution in [2.45, 2.75) is 57.8 Å². The Labute approximate surface area is 188 Å². The number of likely N-dealkylation sites (tertiary alicyclic amines) is 1. The first-order valence-electron chi connectivity index (χ1n) is 11.3. The zero-order chi connectivity index (χ0) is 21.1. The molecule has 0 radical (unpaired) electrons. The van der Waals surface area contributed by atoms with E-state index in [9.17, 15) is 5.11 Å². The van der Waals surface area contributed by atoms with Gasteiger partial charge in [-0.3, -0.25) is 4.90 Å². The van der Waals surface area contributed by atoms with Crippen molar-refractivity contribution in [1.29, 1.82) is 0 Å². The molecule has 1 N–H and O–H groups in total. The van der Waals surface area contributed by atoms with Crippen molar-refractivity contribution in [1.82, 2.24) is 9.80 Å². The lowest BCUT2D eigenvalue weighted by atomic mass is 9.92. The van der Waals surface area contributed by atoms with Crippen LogP contribution in [0.2, 0.25) is 0 Å². The van der Waals surface area contributed by atoms with E-state index in [1.165, 1.54) is 50.9 Å². The number of methoxy groups -OCH3 is 1. The standard InChI is InChI=1S/C24H33BrN2O3/c1-3-26(12-7-13-27-10-5-4-6-11-27)16-19-20(25)15-22(29-2)24-23(19)18-9-8-17(28)14-21(18)30-24/h8,15,17,21,28H,3-7,10-14,16H2,1-2H3/t17-,21?/m0/s1. The molecule has 2 heterocycles. The molecule has 1 aromatic rings. The first-order chi connectivity index (χ1) is 14.6. The fourth-order valence-corrected chi connectivity index (χ4v) is 5.33. The SMILES string of the molecule is CCN(CCCN1CCCCC1)Cc1c(Br)cc(OC)c2c1C1=C=C[C@H](O)CC1O2. The van der Waals surface area contributed by atoms with Gasteiger partial charge >= 0.3 is 0 Å². The highest BCUT2D eigenvalue weighted by Gasteiger charge is 2.37. The van der Waals surface area contributed by atoms with Gasteiger partial charge in [-0.1, -0.05) is 29.3 Å². The molecular formula is C24H33BrN2O3. The summed E-state index contributed by atoms with van der Waals surface area (Å²) in [5.74, 6) is 1.52. The van der Waals surface area contributed by atoms with Crippen LogP contribution in [0.25, 0.3) is 5.57 Å². The molecule has 164 valence electrons. The number of ether oxygens (including phenoxy) is 2. The van der Waals surface area contributed by atoms with Crippen LogP contribution in [-0.2, 0) is 6.54 Å². The van der Waals surface area contributed by atoms with E-state index >= 15 is 0 Å². The van der Waals surface area contributed by atoms with E-state index in [1.54, 1.807) is 13.2 Å². The number of benzene rings is 1. The minimum atomic E-state index is -0.507. The van der Waals surface area contributed by atoms with Crippen LogP contribution >= 0.6 is 15.9 Å². The van der Waals surface area contributed by atoms with Gasteiger partial charge in [0.1, 0.15) is 6.10 Å². The van der Waals surface area contributed by atoms with Gasteiger partial charge < -0.3 is 19.5 Å². The fraction of sp³-hybridized carbons (Fsp3) is 0.625. The van der Waals surface area contributed by atoms with Gasteiger partial charge in [-0.25, -0.2) is 0 Å². The average Bonchev–Trinajstić information content (AvgIpc) is 3.13. The molecule has 1 fully saturated rings. The molecule has 1 unspecified atom stereocenters. The highest BCUT2D eigenvalue weighted by atomic mass is 79.9. The Kier molecular flexibility index (Phi) is 7.22. The second-order valence-electron chi connectivity index (χ2n) is 8.50. The molecule has 0 amide bonds. The van der Waals surface area contributed by atoms with Crippen molar-refractivity contribution in [3.05, 3.63) is 33.5 Å². The molecule has 2 aliphatic heterocycles. The molecule has 30 heavy (non-hydrogen) atoms. The number of nitrogens with zero attached hydrogens (tertiary/aromatic N) is 2. The first kappa shape index (κ1) is 21.9. The molecule has 1 saturated heterocycles. The van der Waals surface area contributed by atoms with Crippen LogP contribution < -0.4 is 9.47 Å². The Morgan fingerprint density at radius 1 is 1.33 bits per heavy atom. The molecule has 5 nitrogen and oxygen atoms in total. The monoisotopic (exact) mass is 476 g/mol. The van der Waals surface area contributed by atoms with Gasteiger partial charge in [0.25, 0.3) is 0 Å². The maximum atomic E-state index is 10.0. The summed E-state index contributed by atoms with van der Waals surface area (Å²) in [6.07, 6.45) is 6.92. The highest BCUT2D eigenvalue weighted by Crippen LogP contribution is 2.50. The lowest BCUT2D eigenvalue weighted by molar-refractivity contribution is 0.152. The number of halogens is 1. The predicted molar refractivity (Wildman–Crippen MR) is 123 cm³/mol. The molecule has 1 aliphatic carbocycles. The Hall–Kier alpha value is -1.30. The molecular weight excluding hydrogens is 444 g/mol. The summed E-state index contributed by atoms with van der Waals surface area (Å²) in [6.45, 7) is 8.88. The summed E-state index contributed by atoms with van der Waals surface area (Å²) in [5.41, 5.74) is 6.64. The van der Waals surface area contributed by atoms with Crippen LogP contribution in [-0.4, -0.2) is 66.9 Å². The van der Waals surface area contributed by atoms with E-state index in [2.05, 4.69) is 38.4 Å². The Bertz CT molecular complexity index is 828. The minimum absolute atomic E-state index is 0.156. The molecule has 2 atom stereocenters. The summed E-state index contributed by atoms with van der Waals surface area (Å²) in [4.78, 5) is 5.12. The second-order valence-corrected chi connectivity index (χ2v) is 9.36. The number of aliphatic hydroxyl groups excluding tert-OH is 1. The zero-order valence-electron chi connectivity index (χ0n) is 18.1. The van der Waals surface area contributed by atoms with Gasteiger partial charge in [0.15, 0.2) is 11.5 Å². The zero-order valence-corrected chi connectivity index (χ0v) is 19.7. The third kappa shape index (κ3) is 4.63. The molecule has 0 bridgehead atoms. The Morgan fingerprint density at radius 3 is 2.87 bits per heavy atom. The maximum Gasteiger partial charge on any atom is 0.170 e. The molecule has 4 rings (SSSR count). The van der Waals surface area contributed by atoms with Crippen LogP contribution in [0.15, 0.2) is 22.3 Å². The van der Waals surface area contributed by atoms with E-state index in [-0.39, 0.29) is 6.10 Å².